The smallest absolute Gasteiger partial charge is 0.413 e. The fourth-order valence-corrected chi connectivity index (χ4v) is 1.88. The highest BCUT2D eigenvalue weighted by molar-refractivity contribution is 5.85. The molecular weight excluding hydrogens is 284 g/mol. The number of imidazole rings is 1. The second kappa shape index (κ2) is 5.72. The average Bonchev–Trinajstić information content (AvgIpc) is 2.91. The number of aromatic nitrogens is 3. The highest BCUT2D eigenvalue weighted by atomic mass is 16.5. The molecule has 7 heteroatoms. The van der Waals surface area contributed by atoms with Gasteiger partial charge in [-0.3, -0.25) is 5.32 Å². The van der Waals surface area contributed by atoms with Crippen LogP contribution >= 0.6 is 0 Å². The third-order valence-corrected chi connectivity index (χ3v) is 2.97. The maximum absolute atomic E-state index is 11.2. The molecule has 0 fully saturated rings. The van der Waals surface area contributed by atoms with Crippen LogP contribution in [-0.2, 0) is 4.74 Å². The Kier molecular flexibility index (Phi) is 3.61. The summed E-state index contributed by atoms with van der Waals surface area (Å²) in [5.74, 6) is 1.55. The molecule has 0 aliphatic heterocycles. The Hall–Kier alpha value is -3.09. The number of benzene rings is 1. The normalized spacial score (nSPS) is 10.5. The zero-order valence-corrected chi connectivity index (χ0v) is 12.1. The zero-order valence-electron chi connectivity index (χ0n) is 12.1. The van der Waals surface area contributed by atoms with Gasteiger partial charge in [-0.25, -0.2) is 14.8 Å². The third kappa shape index (κ3) is 2.98. The van der Waals surface area contributed by atoms with Crippen molar-refractivity contribution < 1.29 is 14.3 Å². The van der Waals surface area contributed by atoms with E-state index in [0.29, 0.717) is 16.9 Å². The van der Waals surface area contributed by atoms with Crippen molar-refractivity contribution in [3.05, 3.63) is 42.1 Å². The number of carbonyl (C=O) groups is 1. The number of aromatic amines is 1. The molecule has 1 aromatic carbocycles. The number of carbonyl (C=O) groups excluding carboxylic acids is 1. The summed E-state index contributed by atoms with van der Waals surface area (Å²) in [6.07, 6.45) is 0.984. The van der Waals surface area contributed by atoms with Crippen molar-refractivity contribution in [1.29, 1.82) is 0 Å². The first-order valence-corrected chi connectivity index (χ1v) is 6.59. The quantitative estimate of drug-likeness (QED) is 0.774. The lowest BCUT2D eigenvalue weighted by Gasteiger charge is -2.04. The van der Waals surface area contributed by atoms with Crippen LogP contribution in [0.1, 0.15) is 5.56 Å². The summed E-state index contributed by atoms with van der Waals surface area (Å²) in [6, 6.07) is 9.44. The Labute approximate surface area is 126 Å². The standard InChI is InChI=1S/C15H14N4O3/c1-9-3-5-10(6-4-9)22-11-7-12-13(16-8-11)18-14(17-12)19-15(20)21-2/h3-8H,1-2H3,(H2,16,17,18,19,20). The summed E-state index contributed by atoms with van der Waals surface area (Å²) in [4.78, 5) is 22.4. The summed E-state index contributed by atoms with van der Waals surface area (Å²) >= 11 is 0. The third-order valence-electron chi connectivity index (χ3n) is 2.97. The lowest BCUT2D eigenvalue weighted by molar-refractivity contribution is 0.186. The number of ether oxygens (including phenoxy) is 2. The van der Waals surface area contributed by atoms with Crippen LogP contribution in [0.25, 0.3) is 11.2 Å². The number of nitrogens with zero attached hydrogens (tertiary/aromatic N) is 2. The van der Waals surface area contributed by atoms with E-state index in [4.69, 9.17) is 4.74 Å². The minimum atomic E-state index is -0.602. The maximum atomic E-state index is 11.2. The predicted octanol–water partition coefficient (Wildman–Crippen LogP) is 3.24. The number of methoxy groups -OCH3 is 1. The Bertz CT molecular complexity index is 811. The molecule has 0 saturated heterocycles. The number of H-pyrrole nitrogens is 1. The molecule has 0 aliphatic rings. The van der Waals surface area contributed by atoms with Crippen LogP contribution < -0.4 is 10.1 Å². The van der Waals surface area contributed by atoms with E-state index in [-0.39, 0.29) is 5.95 Å². The van der Waals surface area contributed by atoms with Crippen LogP contribution in [0.4, 0.5) is 10.7 Å². The van der Waals surface area contributed by atoms with Gasteiger partial charge in [-0.15, -0.1) is 0 Å². The molecule has 22 heavy (non-hydrogen) atoms. The van der Waals surface area contributed by atoms with Gasteiger partial charge in [0.05, 0.1) is 13.3 Å². The molecule has 0 spiro atoms. The van der Waals surface area contributed by atoms with Crippen LogP contribution in [0.3, 0.4) is 0 Å². The molecule has 0 radical (unpaired) electrons. The highest BCUT2D eigenvalue weighted by Crippen LogP contribution is 2.24. The number of aryl methyl sites for hydroxylation is 1. The monoisotopic (exact) mass is 298 g/mol. The molecule has 0 aliphatic carbocycles. The van der Waals surface area contributed by atoms with Crippen molar-refractivity contribution in [2.24, 2.45) is 0 Å². The lowest BCUT2D eigenvalue weighted by Crippen LogP contribution is -2.11. The van der Waals surface area contributed by atoms with Crippen molar-refractivity contribution in [3.8, 4) is 11.5 Å². The molecule has 0 bridgehead atoms. The van der Waals surface area contributed by atoms with E-state index in [1.54, 1.807) is 12.3 Å². The Balaban J connectivity index is 1.83. The van der Waals surface area contributed by atoms with E-state index >= 15 is 0 Å². The number of nitrogens with one attached hydrogen (secondary N) is 2. The fraction of sp³-hybridized carbons (Fsp3) is 0.133. The topological polar surface area (TPSA) is 89.1 Å². The Morgan fingerprint density at radius 1 is 1.23 bits per heavy atom. The molecule has 7 nitrogen and oxygen atoms in total. The molecule has 3 aromatic rings. The van der Waals surface area contributed by atoms with Crippen LogP contribution in [-0.4, -0.2) is 28.2 Å². The van der Waals surface area contributed by atoms with Crippen molar-refractivity contribution in [2.75, 3.05) is 12.4 Å². The van der Waals surface area contributed by atoms with Gasteiger partial charge in [-0.1, -0.05) is 17.7 Å². The number of rotatable bonds is 3. The lowest BCUT2D eigenvalue weighted by atomic mass is 10.2. The maximum Gasteiger partial charge on any atom is 0.413 e. The van der Waals surface area contributed by atoms with Crippen LogP contribution in [0.2, 0.25) is 0 Å². The first-order chi connectivity index (χ1) is 10.6. The average molecular weight is 298 g/mol. The predicted molar refractivity (Wildman–Crippen MR) is 81.2 cm³/mol. The minimum Gasteiger partial charge on any atom is -0.456 e. The molecule has 0 atom stereocenters. The van der Waals surface area contributed by atoms with Crippen molar-refractivity contribution in [1.82, 2.24) is 15.0 Å². The van der Waals surface area contributed by atoms with Crippen LogP contribution in [0, 0.1) is 6.92 Å². The van der Waals surface area contributed by atoms with E-state index in [1.165, 1.54) is 7.11 Å². The van der Waals surface area contributed by atoms with E-state index in [1.807, 2.05) is 31.2 Å². The van der Waals surface area contributed by atoms with Crippen LogP contribution in [0.5, 0.6) is 11.5 Å². The largest absolute Gasteiger partial charge is 0.456 e. The number of pyridine rings is 1. The molecule has 2 N–H and O–H groups in total. The summed E-state index contributed by atoms with van der Waals surface area (Å²) in [5, 5.41) is 2.45. The molecule has 0 saturated carbocycles. The highest BCUT2D eigenvalue weighted by Gasteiger charge is 2.09. The second-order valence-electron chi connectivity index (χ2n) is 4.66. The summed E-state index contributed by atoms with van der Waals surface area (Å²) in [6.45, 7) is 2.01. The van der Waals surface area contributed by atoms with Crippen molar-refractivity contribution >= 4 is 23.2 Å². The molecule has 2 aromatic heterocycles. The van der Waals surface area contributed by atoms with Gasteiger partial charge in [0, 0.05) is 6.07 Å². The van der Waals surface area contributed by atoms with E-state index in [0.717, 1.165) is 11.3 Å². The van der Waals surface area contributed by atoms with Gasteiger partial charge >= 0.3 is 6.09 Å². The van der Waals surface area contributed by atoms with Gasteiger partial charge < -0.3 is 14.5 Å². The number of hydrogen-bond donors (Lipinski definition) is 2. The van der Waals surface area contributed by atoms with Gasteiger partial charge in [0.15, 0.2) is 5.65 Å². The van der Waals surface area contributed by atoms with Gasteiger partial charge in [0.1, 0.15) is 17.0 Å². The van der Waals surface area contributed by atoms with Crippen molar-refractivity contribution in [2.45, 2.75) is 6.92 Å². The molecule has 0 unspecified atom stereocenters. The van der Waals surface area contributed by atoms with Crippen molar-refractivity contribution in [3.63, 3.8) is 0 Å². The Morgan fingerprint density at radius 3 is 2.73 bits per heavy atom. The van der Waals surface area contributed by atoms with Gasteiger partial charge in [0.25, 0.3) is 0 Å². The van der Waals surface area contributed by atoms with E-state index < -0.39 is 6.09 Å². The number of fused-ring (bicyclic) bond motifs is 1. The van der Waals surface area contributed by atoms with E-state index in [2.05, 4.69) is 25.0 Å². The molecule has 1 amide bonds. The first kappa shape index (κ1) is 13.9. The fourth-order valence-electron chi connectivity index (χ4n) is 1.88. The summed E-state index contributed by atoms with van der Waals surface area (Å²) in [5.41, 5.74) is 2.28. The Morgan fingerprint density at radius 2 is 2.00 bits per heavy atom. The molecule has 112 valence electrons. The SMILES string of the molecule is COC(=O)Nc1nc2cc(Oc3ccc(C)cc3)cnc2[nH]1. The summed E-state index contributed by atoms with van der Waals surface area (Å²) in [7, 11) is 1.28. The number of amides is 1. The molecule has 3 rings (SSSR count). The molecule has 2 heterocycles. The number of anilines is 1. The first-order valence-electron chi connectivity index (χ1n) is 6.59. The minimum absolute atomic E-state index is 0.266. The van der Waals surface area contributed by atoms with Gasteiger partial charge in [0.2, 0.25) is 5.95 Å². The van der Waals surface area contributed by atoms with Crippen LogP contribution in [0.15, 0.2) is 36.5 Å². The van der Waals surface area contributed by atoms with Gasteiger partial charge in [-0.05, 0) is 19.1 Å². The van der Waals surface area contributed by atoms with Gasteiger partial charge in [-0.2, -0.15) is 0 Å². The molecular formula is C15H14N4O3. The number of hydrogen-bond acceptors (Lipinski definition) is 5. The zero-order chi connectivity index (χ0) is 15.5. The summed E-state index contributed by atoms with van der Waals surface area (Å²) < 4.78 is 10.2. The second-order valence-corrected chi connectivity index (χ2v) is 4.66. The van der Waals surface area contributed by atoms with E-state index in [9.17, 15) is 4.79 Å².